The highest BCUT2D eigenvalue weighted by molar-refractivity contribution is 5.34. The van der Waals surface area contributed by atoms with Crippen LogP contribution in [-0.2, 0) is 11.3 Å². The van der Waals surface area contributed by atoms with Crippen molar-refractivity contribution in [3.63, 3.8) is 0 Å². The Morgan fingerprint density at radius 2 is 1.95 bits per heavy atom. The van der Waals surface area contributed by atoms with Gasteiger partial charge in [0.2, 0.25) is 0 Å². The van der Waals surface area contributed by atoms with Gasteiger partial charge in [-0.05, 0) is 43.0 Å². The van der Waals surface area contributed by atoms with Crippen LogP contribution in [0.2, 0.25) is 0 Å². The van der Waals surface area contributed by atoms with E-state index in [4.69, 9.17) is 4.74 Å². The van der Waals surface area contributed by atoms with Crippen molar-refractivity contribution in [3.8, 4) is 0 Å². The van der Waals surface area contributed by atoms with Crippen molar-refractivity contribution >= 4 is 0 Å². The minimum absolute atomic E-state index is 0.268. The quantitative estimate of drug-likeness (QED) is 0.909. The summed E-state index contributed by atoms with van der Waals surface area (Å²) in [7, 11) is 0. The van der Waals surface area contributed by atoms with E-state index in [1.54, 1.807) is 0 Å². The number of nitrogens with one attached hydrogen (secondary N) is 1. The maximum atomic E-state index is 5.74. The molecule has 1 N–H and O–H groups in total. The average Bonchev–Trinajstić information content (AvgIpc) is 2.50. The summed E-state index contributed by atoms with van der Waals surface area (Å²) in [5, 5.41) is 3.73. The van der Waals surface area contributed by atoms with Gasteiger partial charge in [0, 0.05) is 6.04 Å². The van der Waals surface area contributed by atoms with Gasteiger partial charge in [-0.2, -0.15) is 0 Å². The summed E-state index contributed by atoms with van der Waals surface area (Å²) in [5.41, 5.74) is 6.70. The summed E-state index contributed by atoms with van der Waals surface area (Å²) in [6.45, 7) is 8.03. The van der Waals surface area contributed by atoms with Crippen LogP contribution in [0.1, 0.15) is 46.8 Å². The molecule has 2 atom stereocenters. The molecule has 1 aliphatic rings. The molecule has 0 radical (unpaired) electrons. The van der Waals surface area contributed by atoms with Crippen molar-refractivity contribution < 1.29 is 4.74 Å². The zero-order valence-corrected chi connectivity index (χ0v) is 13.0. The number of aryl methyl sites for hydroxylation is 2. The fourth-order valence-electron chi connectivity index (χ4n) is 3.14. The van der Waals surface area contributed by atoms with Crippen LogP contribution >= 0.6 is 0 Å². The van der Waals surface area contributed by atoms with Crippen LogP contribution in [0.4, 0.5) is 0 Å². The number of hydrogen-bond donors (Lipinski definition) is 1. The first-order valence-corrected chi connectivity index (χ1v) is 7.64. The molecule has 2 heteroatoms. The third-order valence-electron chi connectivity index (χ3n) is 4.33. The Hall–Kier alpha value is -1.64. The number of benzene rings is 2. The molecule has 0 amide bonds. The van der Waals surface area contributed by atoms with E-state index in [0.717, 1.165) is 13.2 Å². The molecule has 2 aromatic carbocycles. The lowest BCUT2D eigenvalue weighted by Gasteiger charge is -2.30. The fraction of sp³-hybridized carbons (Fsp3) is 0.368. The van der Waals surface area contributed by atoms with Crippen molar-refractivity contribution in [2.24, 2.45) is 0 Å². The zero-order chi connectivity index (χ0) is 14.8. The van der Waals surface area contributed by atoms with Gasteiger partial charge in [0.1, 0.15) is 0 Å². The van der Waals surface area contributed by atoms with Gasteiger partial charge in [-0.15, -0.1) is 0 Å². The highest BCUT2D eigenvalue weighted by atomic mass is 16.5. The topological polar surface area (TPSA) is 21.3 Å². The fourth-order valence-corrected chi connectivity index (χ4v) is 3.14. The molecule has 0 saturated carbocycles. The number of fused-ring (bicyclic) bond motifs is 1. The van der Waals surface area contributed by atoms with E-state index in [-0.39, 0.29) is 6.04 Å². The summed E-state index contributed by atoms with van der Waals surface area (Å²) in [6.07, 6.45) is 0. The summed E-state index contributed by atoms with van der Waals surface area (Å²) in [5.74, 6) is 0. The first-order chi connectivity index (χ1) is 10.1. The van der Waals surface area contributed by atoms with E-state index in [2.05, 4.69) is 68.6 Å². The standard InChI is InChI=1S/C19H23NO/c1-13-8-9-14(2)18(10-13)15(3)20-19-12-21-11-16-6-4-5-7-17(16)19/h4-10,15,19-20H,11-12H2,1-3H3. The average molecular weight is 281 g/mol. The predicted octanol–water partition coefficient (Wildman–Crippen LogP) is 4.23. The molecular weight excluding hydrogens is 258 g/mol. The summed E-state index contributed by atoms with van der Waals surface area (Å²) < 4.78 is 5.74. The predicted molar refractivity (Wildman–Crippen MR) is 86.3 cm³/mol. The Labute approximate surface area is 127 Å². The Balaban J connectivity index is 1.82. The van der Waals surface area contributed by atoms with E-state index in [1.165, 1.54) is 27.8 Å². The lowest BCUT2D eigenvalue weighted by molar-refractivity contribution is 0.0790. The molecule has 21 heavy (non-hydrogen) atoms. The molecule has 0 fully saturated rings. The van der Waals surface area contributed by atoms with E-state index >= 15 is 0 Å². The van der Waals surface area contributed by atoms with Crippen LogP contribution in [0.15, 0.2) is 42.5 Å². The minimum atomic E-state index is 0.268. The van der Waals surface area contributed by atoms with Gasteiger partial charge >= 0.3 is 0 Å². The molecule has 3 rings (SSSR count). The van der Waals surface area contributed by atoms with Crippen LogP contribution in [0.25, 0.3) is 0 Å². The highest BCUT2D eigenvalue weighted by Gasteiger charge is 2.22. The van der Waals surface area contributed by atoms with Gasteiger partial charge in [-0.25, -0.2) is 0 Å². The minimum Gasteiger partial charge on any atom is -0.375 e. The Morgan fingerprint density at radius 1 is 1.14 bits per heavy atom. The van der Waals surface area contributed by atoms with Gasteiger partial charge in [0.25, 0.3) is 0 Å². The monoisotopic (exact) mass is 281 g/mol. The Morgan fingerprint density at radius 3 is 2.81 bits per heavy atom. The largest absolute Gasteiger partial charge is 0.375 e. The van der Waals surface area contributed by atoms with Crippen LogP contribution < -0.4 is 5.32 Å². The maximum Gasteiger partial charge on any atom is 0.0721 e. The third-order valence-corrected chi connectivity index (χ3v) is 4.33. The second kappa shape index (κ2) is 6.00. The Bertz CT molecular complexity index is 635. The molecule has 2 aromatic rings. The molecule has 0 bridgehead atoms. The van der Waals surface area contributed by atoms with Gasteiger partial charge in [0.05, 0.1) is 19.3 Å². The van der Waals surface area contributed by atoms with Crippen molar-refractivity contribution in [1.82, 2.24) is 5.32 Å². The van der Waals surface area contributed by atoms with Crippen LogP contribution in [0, 0.1) is 13.8 Å². The van der Waals surface area contributed by atoms with Crippen LogP contribution in [0.5, 0.6) is 0 Å². The lowest BCUT2D eigenvalue weighted by Crippen LogP contribution is -2.32. The molecular formula is C19H23NO. The summed E-state index contributed by atoms with van der Waals surface area (Å²) in [4.78, 5) is 0. The second-order valence-electron chi connectivity index (χ2n) is 6.01. The lowest BCUT2D eigenvalue weighted by atomic mass is 9.95. The van der Waals surface area contributed by atoms with E-state index in [9.17, 15) is 0 Å². The molecule has 0 saturated heterocycles. The molecule has 110 valence electrons. The summed E-state index contributed by atoms with van der Waals surface area (Å²) >= 11 is 0. The van der Waals surface area contributed by atoms with Crippen molar-refractivity contribution in [2.45, 2.75) is 39.5 Å². The van der Waals surface area contributed by atoms with Crippen molar-refractivity contribution in [1.29, 1.82) is 0 Å². The molecule has 0 aliphatic carbocycles. The van der Waals surface area contributed by atoms with Gasteiger partial charge in [0.15, 0.2) is 0 Å². The van der Waals surface area contributed by atoms with Gasteiger partial charge < -0.3 is 10.1 Å². The highest BCUT2D eigenvalue weighted by Crippen LogP contribution is 2.28. The SMILES string of the molecule is Cc1ccc(C)c(C(C)NC2COCc3ccccc32)c1. The van der Waals surface area contributed by atoms with E-state index in [1.807, 2.05) is 0 Å². The van der Waals surface area contributed by atoms with Gasteiger partial charge in [-0.3, -0.25) is 0 Å². The molecule has 0 spiro atoms. The van der Waals surface area contributed by atoms with Crippen LogP contribution in [-0.4, -0.2) is 6.61 Å². The van der Waals surface area contributed by atoms with Crippen LogP contribution in [0.3, 0.4) is 0 Å². The zero-order valence-electron chi connectivity index (χ0n) is 13.0. The number of rotatable bonds is 3. The maximum absolute atomic E-state index is 5.74. The smallest absolute Gasteiger partial charge is 0.0721 e. The normalized spacial score (nSPS) is 19.1. The number of ether oxygens (including phenoxy) is 1. The summed E-state index contributed by atoms with van der Waals surface area (Å²) in [6, 6.07) is 15.8. The Kier molecular flexibility index (Phi) is 4.09. The first kappa shape index (κ1) is 14.3. The molecule has 2 unspecified atom stereocenters. The van der Waals surface area contributed by atoms with Crippen molar-refractivity contribution in [2.75, 3.05) is 6.61 Å². The van der Waals surface area contributed by atoms with Crippen molar-refractivity contribution in [3.05, 3.63) is 70.3 Å². The third kappa shape index (κ3) is 3.02. The molecule has 1 aliphatic heterocycles. The second-order valence-corrected chi connectivity index (χ2v) is 6.01. The molecule has 2 nitrogen and oxygen atoms in total. The van der Waals surface area contributed by atoms with Gasteiger partial charge in [-0.1, -0.05) is 48.0 Å². The van der Waals surface area contributed by atoms with E-state index in [0.29, 0.717) is 6.04 Å². The molecule has 1 heterocycles. The molecule has 0 aromatic heterocycles. The van der Waals surface area contributed by atoms with E-state index < -0.39 is 0 Å². The number of hydrogen-bond acceptors (Lipinski definition) is 2. The first-order valence-electron chi connectivity index (χ1n) is 7.64.